The van der Waals surface area contributed by atoms with Crippen LogP contribution < -0.4 is 21.3 Å². The van der Waals surface area contributed by atoms with Gasteiger partial charge in [0.15, 0.2) is 5.11 Å². The van der Waals surface area contributed by atoms with Crippen LogP contribution in [0.3, 0.4) is 0 Å². The van der Waals surface area contributed by atoms with Gasteiger partial charge < -0.3 is 10.5 Å². The number of hydrogen-bond acceptors (Lipinski definition) is 3. The highest BCUT2D eigenvalue weighted by molar-refractivity contribution is 7.80. The Morgan fingerprint density at radius 3 is 2.94 bits per heavy atom. The minimum atomic E-state index is -0.321. The zero-order valence-electron chi connectivity index (χ0n) is 8.40. The molecule has 1 unspecified atom stereocenters. The number of fused-ring (bicyclic) bond motifs is 1. The summed E-state index contributed by atoms with van der Waals surface area (Å²) in [7, 11) is 0. The Bertz CT molecular complexity index is 436. The molecule has 0 saturated carbocycles. The lowest BCUT2D eigenvalue weighted by Gasteiger charge is -2.10. The molecule has 0 radical (unpaired) electrons. The molecule has 1 aromatic rings. The second-order valence-electron chi connectivity index (χ2n) is 3.38. The van der Waals surface area contributed by atoms with Crippen LogP contribution in [-0.4, -0.2) is 17.6 Å². The summed E-state index contributed by atoms with van der Waals surface area (Å²) in [6.45, 7) is 0.337. The van der Waals surface area contributed by atoms with Crippen LogP contribution >= 0.6 is 12.2 Å². The number of hydrogen-bond donors (Lipinski definition) is 3. The van der Waals surface area contributed by atoms with Gasteiger partial charge in [0, 0.05) is 5.56 Å². The van der Waals surface area contributed by atoms with Gasteiger partial charge in [-0.25, -0.2) is 0 Å². The third kappa shape index (κ3) is 2.06. The van der Waals surface area contributed by atoms with Crippen molar-refractivity contribution < 1.29 is 9.53 Å². The molecule has 1 aliphatic rings. The molecule has 0 spiro atoms. The standard InChI is InChI=1S/C10H11N3O2S/c11-10(16)13-12-9(14)7-5-15-8-4-2-1-3-6(7)8/h1-4,7H,5H2,(H,12,14)(H3,11,13,16). The zero-order valence-corrected chi connectivity index (χ0v) is 9.21. The number of carbonyl (C=O) groups excluding carboxylic acids is 1. The summed E-state index contributed by atoms with van der Waals surface area (Å²) >= 11 is 4.59. The van der Waals surface area contributed by atoms with Gasteiger partial charge in [0.2, 0.25) is 5.91 Å². The number of thiocarbonyl (C=S) groups is 1. The quantitative estimate of drug-likeness (QED) is 0.474. The largest absolute Gasteiger partial charge is 0.492 e. The number of hydrazine groups is 1. The molecular weight excluding hydrogens is 226 g/mol. The van der Waals surface area contributed by atoms with Crippen molar-refractivity contribution in [2.75, 3.05) is 6.61 Å². The first-order chi connectivity index (χ1) is 7.68. The average molecular weight is 237 g/mol. The van der Waals surface area contributed by atoms with E-state index in [4.69, 9.17) is 10.5 Å². The predicted octanol–water partition coefficient (Wildman–Crippen LogP) is 0.0270. The number of ether oxygens (including phenoxy) is 1. The van der Waals surface area contributed by atoms with Crippen molar-refractivity contribution in [2.24, 2.45) is 5.73 Å². The fourth-order valence-electron chi connectivity index (χ4n) is 1.59. The van der Waals surface area contributed by atoms with E-state index >= 15 is 0 Å². The molecule has 4 N–H and O–H groups in total. The van der Waals surface area contributed by atoms with Crippen molar-refractivity contribution in [3.8, 4) is 5.75 Å². The predicted molar refractivity (Wildman–Crippen MR) is 62.7 cm³/mol. The van der Waals surface area contributed by atoms with E-state index in [-0.39, 0.29) is 16.9 Å². The molecule has 1 aromatic carbocycles. The number of amides is 1. The number of rotatable bonds is 1. The molecule has 1 aliphatic heterocycles. The van der Waals surface area contributed by atoms with E-state index in [0.29, 0.717) is 6.61 Å². The smallest absolute Gasteiger partial charge is 0.249 e. The summed E-state index contributed by atoms with van der Waals surface area (Å²) in [6, 6.07) is 7.44. The number of carbonyl (C=O) groups is 1. The topological polar surface area (TPSA) is 76.4 Å². The van der Waals surface area contributed by atoms with Gasteiger partial charge in [-0.2, -0.15) is 0 Å². The van der Waals surface area contributed by atoms with Gasteiger partial charge in [0.25, 0.3) is 0 Å². The third-order valence-corrected chi connectivity index (χ3v) is 2.43. The zero-order chi connectivity index (χ0) is 11.5. The van der Waals surface area contributed by atoms with E-state index in [1.54, 1.807) is 0 Å². The second kappa shape index (κ2) is 4.36. The monoisotopic (exact) mass is 237 g/mol. The second-order valence-corrected chi connectivity index (χ2v) is 3.82. The highest BCUT2D eigenvalue weighted by Crippen LogP contribution is 2.33. The fraction of sp³-hybridized carbons (Fsp3) is 0.200. The van der Waals surface area contributed by atoms with E-state index in [9.17, 15) is 4.79 Å². The summed E-state index contributed by atoms with van der Waals surface area (Å²) in [5, 5.41) is 0.0283. The van der Waals surface area contributed by atoms with Crippen molar-refractivity contribution in [3.63, 3.8) is 0 Å². The number of benzene rings is 1. The molecule has 0 aliphatic carbocycles. The lowest BCUT2D eigenvalue weighted by Crippen LogP contribution is -2.46. The Balaban J connectivity index is 2.07. The molecule has 0 saturated heterocycles. The molecule has 2 rings (SSSR count). The molecule has 0 fully saturated rings. The maximum absolute atomic E-state index is 11.7. The van der Waals surface area contributed by atoms with Gasteiger partial charge in [-0.1, -0.05) is 18.2 Å². The van der Waals surface area contributed by atoms with Crippen molar-refractivity contribution in [2.45, 2.75) is 5.92 Å². The highest BCUT2D eigenvalue weighted by Gasteiger charge is 2.29. The lowest BCUT2D eigenvalue weighted by molar-refractivity contribution is -0.123. The van der Waals surface area contributed by atoms with Gasteiger partial charge in [-0.15, -0.1) is 0 Å². The van der Waals surface area contributed by atoms with Gasteiger partial charge in [-0.3, -0.25) is 15.6 Å². The normalized spacial score (nSPS) is 17.1. The van der Waals surface area contributed by atoms with Gasteiger partial charge in [-0.05, 0) is 18.3 Å². The first kappa shape index (κ1) is 10.7. The van der Waals surface area contributed by atoms with Crippen LogP contribution in [0.4, 0.5) is 0 Å². The van der Waals surface area contributed by atoms with Crippen LogP contribution in [0.25, 0.3) is 0 Å². The summed E-state index contributed by atoms with van der Waals surface area (Å²) in [4.78, 5) is 11.7. The first-order valence-electron chi connectivity index (χ1n) is 4.75. The Morgan fingerprint density at radius 1 is 1.44 bits per heavy atom. The molecule has 84 valence electrons. The van der Waals surface area contributed by atoms with Crippen molar-refractivity contribution in [1.82, 2.24) is 10.9 Å². The lowest BCUT2D eigenvalue weighted by atomic mass is 10.0. The maximum Gasteiger partial charge on any atom is 0.249 e. The molecular formula is C10H11N3O2S. The average Bonchev–Trinajstić information content (AvgIpc) is 2.69. The Labute approximate surface area is 97.9 Å². The van der Waals surface area contributed by atoms with Gasteiger partial charge in [0.05, 0.1) is 0 Å². The van der Waals surface area contributed by atoms with E-state index in [2.05, 4.69) is 23.1 Å². The Hall–Kier alpha value is -1.82. The van der Waals surface area contributed by atoms with Crippen LogP contribution in [0.1, 0.15) is 11.5 Å². The van der Waals surface area contributed by atoms with Gasteiger partial charge in [0.1, 0.15) is 18.3 Å². The van der Waals surface area contributed by atoms with Crippen LogP contribution in [0.2, 0.25) is 0 Å². The minimum Gasteiger partial charge on any atom is -0.492 e. The third-order valence-electron chi connectivity index (χ3n) is 2.33. The molecule has 16 heavy (non-hydrogen) atoms. The summed E-state index contributed by atoms with van der Waals surface area (Å²) < 4.78 is 5.39. The van der Waals surface area contributed by atoms with Gasteiger partial charge >= 0.3 is 0 Å². The summed E-state index contributed by atoms with van der Waals surface area (Å²) in [5.41, 5.74) is 10.9. The number of nitrogens with two attached hydrogens (primary N) is 1. The first-order valence-corrected chi connectivity index (χ1v) is 5.16. The van der Waals surface area contributed by atoms with E-state index < -0.39 is 0 Å². The number of para-hydroxylation sites is 1. The maximum atomic E-state index is 11.7. The molecule has 0 aromatic heterocycles. The summed E-state index contributed by atoms with van der Waals surface area (Å²) in [5.74, 6) is 0.216. The van der Waals surface area contributed by atoms with Crippen molar-refractivity contribution in [3.05, 3.63) is 29.8 Å². The molecule has 6 heteroatoms. The van der Waals surface area contributed by atoms with E-state index in [0.717, 1.165) is 11.3 Å². The molecule has 1 heterocycles. The number of nitrogens with one attached hydrogen (secondary N) is 2. The van der Waals surface area contributed by atoms with E-state index in [1.165, 1.54) is 0 Å². The van der Waals surface area contributed by atoms with E-state index in [1.807, 2.05) is 24.3 Å². The van der Waals surface area contributed by atoms with Crippen LogP contribution in [0.5, 0.6) is 5.75 Å². The molecule has 1 amide bonds. The highest BCUT2D eigenvalue weighted by atomic mass is 32.1. The van der Waals surface area contributed by atoms with Crippen molar-refractivity contribution >= 4 is 23.2 Å². The Morgan fingerprint density at radius 2 is 2.19 bits per heavy atom. The van der Waals surface area contributed by atoms with Crippen LogP contribution in [-0.2, 0) is 4.79 Å². The van der Waals surface area contributed by atoms with Crippen LogP contribution in [0, 0.1) is 0 Å². The van der Waals surface area contributed by atoms with Crippen LogP contribution in [0.15, 0.2) is 24.3 Å². The SMILES string of the molecule is NC(=S)NNC(=O)C1COc2ccccc21. The minimum absolute atomic E-state index is 0.0283. The Kier molecular flexibility index (Phi) is 2.91. The summed E-state index contributed by atoms with van der Waals surface area (Å²) in [6.07, 6.45) is 0. The fourth-order valence-corrected chi connectivity index (χ4v) is 1.64. The molecule has 5 nitrogen and oxygen atoms in total. The van der Waals surface area contributed by atoms with Crippen molar-refractivity contribution in [1.29, 1.82) is 0 Å². The molecule has 1 atom stereocenters. The molecule has 0 bridgehead atoms.